The van der Waals surface area contributed by atoms with E-state index in [1.165, 1.54) is 28.4 Å². The van der Waals surface area contributed by atoms with E-state index in [1.54, 1.807) is 18.2 Å². The fourth-order valence-corrected chi connectivity index (χ4v) is 1.88. The zero-order chi connectivity index (χ0) is 15.1. The number of para-hydroxylation sites is 1. The molecule has 0 atom stereocenters. The molecule has 0 aliphatic rings. The highest BCUT2D eigenvalue weighted by atomic mass is 16.5. The molecule has 0 aliphatic carbocycles. The van der Waals surface area contributed by atoms with Gasteiger partial charge in [-0.05, 0) is 11.6 Å². The second-order valence-electron chi connectivity index (χ2n) is 3.96. The molecule has 0 spiro atoms. The SMILES string of the molecule is COC(=O)C(Cc1cccc(OC)c1OC)C(=O)OC. The third-order valence-electron chi connectivity index (χ3n) is 2.88. The first-order valence-electron chi connectivity index (χ1n) is 5.94. The smallest absolute Gasteiger partial charge is 0.320 e. The highest BCUT2D eigenvalue weighted by molar-refractivity contribution is 5.95. The number of carbonyl (C=O) groups excluding carboxylic acids is 2. The third-order valence-corrected chi connectivity index (χ3v) is 2.88. The standard InChI is InChI=1S/C14H18O6/c1-17-11-7-5-6-9(12(11)18-2)8-10(13(15)19-3)14(16)20-4/h5-7,10H,8H2,1-4H3. The Balaban J connectivity index is 3.11. The summed E-state index contributed by atoms with van der Waals surface area (Å²) >= 11 is 0. The molecule has 0 unspecified atom stereocenters. The fraction of sp³-hybridized carbons (Fsp3) is 0.429. The maximum absolute atomic E-state index is 11.7. The molecule has 0 bridgehead atoms. The molecule has 20 heavy (non-hydrogen) atoms. The molecule has 0 N–H and O–H groups in total. The highest BCUT2D eigenvalue weighted by Gasteiger charge is 2.30. The summed E-state index contributed by atoms with van der Waals surface area (Å²) in [4.78, 5) is 23.4. The number of methoxy groups -OCH3 is 4. The number of ether oxygens (including phenoxy) is 4. The first kappa shape index (κ1) is 15.8. The highest BCUT2D eigenvalue weighted by Crippen LogP contribution is 2.32. The Morgan fingerprint density at radius 1 is 1.00 bits per heavy atom. The van der Waals surface area contributed by atoms with Crippen LogP contribution < -0.4 is 9.47 Å². The van der Waals surface area contributed by atoms with Gasteiger partial charge in [-0.15, -0.1) is 0 Å². The molecule has 0 aromatic heterocycles. The molecular weight excluding hydrogens is 264 g/mol. The van der Waals surface area contributed by atoms with Crippen molar-refractivity contribution in [1.82, 2.24) is 0 Å². The molecule has 0 amide bonds. The van der Waals surface area contributed by atoms with Crippen molar-refractivity contribution in [2.24, 2.45) is 5.92 Å². The van der Waals surface area contributed by atoms with Crippen molar-refractivity contribution < 1.29 is 28.5 Å². The van der Waals surface area contributed by atoms with Gasteiger partial charge in [0.1, 0.15) is 0 Å². The van der Waals surface area contributed by atoms with Gasteiger partial charge >= 0.3 is 11.9 Å². The van der Waals surface area contributed by atoms with Gasteiger partial charge in [0, 0.05) is 6.42 Å². The van der Waals surface area contributed by atoms with Gasteiger partial charge in [-0.2, -0.15) is 0 Å². The van der Waals surface area contributed by atoms with Gasteiger partial charge in [-0.25, -0.2) is 0 Å². The molecule has 0 fully saturated rings. The lowest BCUT2D eigenvalue weighted by Gasteiger charge is -2.16. The summed E-state index contributed by atoms with van der Waals surface area (Å²) in [7, 11) is 5.45. The van der Waals surface area contributed by atoms with Crippen molar-refractivity contribution >= 4 is 11.9 Å². The van der Waals surface area contributed by atoms with Crippen LogP contribution in [0.1, 0.15) is 5.56 Å². The minimum Gasteiger partial charge on any atom is -0.493 e. The maximum atomic E-state index is 11.7. The molecule has 1 aromatic carbocycles. The van der Waals surface area contributed by atoms with Gasteiger partial charge in [0.25, 0.3) is 0 Å². The minimum atomic E-state index is -1.04. The molecule has 6 heteroatoms. The molecule has 0 saturated carbocycles. The average Bonchev–Trinajstić information content (AvgIpc) is 2.50. The van der Waals surface area contributed by atoms with Crippen LogP contribution in [-0.4, -0.2) is 40.4 Å². The first-order chi connectivity index (χ1) is 9.58. The molecule has 0 radical (unpaired) electrons. The van der Waals surface area contributed by atoms with Gasteiger partial charge in [-0.3, -0.25) is 9.59 Å². The van der Waals surface area contributed by atoms with E-state index in [0.717, 1.165) is 0 Å². The van der Waals surface area contributed by atoms with Crippen molar-refractivity contribution in [1.29, 1.82) is 0 Å². The van der Waals surface area contributed by atoms with Gasteiger partial charge in [0.2, 0.25) is 0 Å². The Labute approximate surface area is 117 Å². The van der Waals surface area contributed by atoms with E-state index in [2.05, 4.69) is 9.47 Å². The zero-order valence-corrected chi connectivity index (χ0v) is 12.0. The lowest BCUT2D eigenvalue weighted by molar-refractivity contribution is -0.158. The molecule has 0 heterocycles. The lowest BCUT2D eigenvalue weighted by atomic mass is 9.98. The first-order valence-corrected chi connectivity index (χ1v) is 5.94. The second-order valence-corrected chi connectivity index (χ2v) is 3.96. The Bertz CT molecular complexity index is 467. The zero-order valence-electron chi connectivity index (χ0n) is 12.0. The topological polar surface area (TPSA) is 71.1 Å². The van der Waals surface area contributed by atoms with Crippen molar-refractivity contribution in [3.8, 4) is 11.5 Å². The second kappa shape index (κ2) is 7.37. The van der Waals surface area contributed by atoms with Crippen LogP contribution in [0.5, 0.6) is 11.5 Å². The summed E-state index contributed by atoms with van der Waals surface area (Å²) in [5.41, 5.74) is 0.660. The lowest BCUT2D eigenvalue weighted by Crippen LogP contribution is -2.28. The molecule has 1 aromatic rings. The van der Waals surface area contributed by atoms with E-state index >= 15 is 0 Å². The van der Waals surface area contributed by atoms with Gasteiger partial charge in [0.15, 0.2) is 17.4 Å². The summed E-state index contributed by atoms with van der Waals surface area (Å²) in [6.07, 6.45) is 0.111. The van der Waals surface area contributed by atoms with Gasteiger partial charge in [0.05, 0.1) is 28.4 Å². The van der Waals surface area contributed by atoms with Crippen LogP contribution in [0.3, 0.4) is 0 Å². The van der Waals surface area contributed by atoms with Crippen molar-refractivity contribution in [2.45, 2.75) is 6.42 Å². The predicted octanol–water partition coefficient (Wildman–Crippen LogP) is 1.21. The number of esters is 2. The summed E-state index contributed by atoms with van der Waals surface area (Å²) in [6, 6.07) is 5.23. The van der Waals surface area contributed by atoms with Crippen molar-refractivity contribution in [3.05, 3.63) is 23.8 Å². The largest absolute Gasteiger partial charge is 0.493 e. The predicted molar refractivity (Wildman–Crippen MR) is 70.8 cm³/mol. The maximum Gasteiger partial charge on any atom is 0.320 e. The van der Waals surface area contributed by atoms with Crippen LogP contribution in [0.25, 0.3) is 0 Å². The number of hydrogen-bond acceptors (Lipinski definition) is 6. The molecule has 0 aliphatic heterocycles. The van der Waals surface area contributed by atoms with Crippen molar-refractivity contribution in [3.63, 3.8) is 0 Å². The van der Waals surface area contributed by atoms with Crippen molar-refractivity contribution in [2.75, 3.05) is 28.4 Å². The quantitative estimate of drug-likeness (QED) is 0.577. The van der Waals surface area contributed by atoms with Crippen LogP contribution in [0.15, 0.2) is 18.2 Å². The van der Waals surface area contributed by atoms with E-state index < -0.39 is 17.9 Å². The van der Waals surface area contributed by atoms with Crippen LogP contribution in [0.4, 0.5) is 0 Å². The Morgan fingerprint density at radius 2 is 1.60 bits per heavy atom. The Kier molecular flexibility index (Phi) is 5.83. The molecule has 6 nitrogen and oxygen atoms in total. The molecule has 110 valence electrons. The van der Waals surface area contributed by atoms with Crippen LogP contribution in [0.2, 0.25) is 0 Å². The molecular formula is C14H18O6. The van der Waals surface area contributed by atoms with E-state index in [-0.39, 0.29) is 6.42 Å². The normalized spacial score (nSPS) is 10.1. The number of benzene rings is 1. The number of rotatable bonds is 6. The molecule has 0 saturated heterocycles. The van der Waals surface area contributed by atoms with E-state index in [4.69, 9.17) is 9.47 Å². The summed E-state index contributed by atoms with van der Waals surface area (Å²) < 4.78 is 19.7. The summed E-state index contributed by atoms with van der Waals surface area (Å²) in [5, 5.41) is 0. The third kappa shape index (κ3) is 3.40. The summed E-state index contributed by atoms with van der Waals surface area (Å²) in [6.45, 7) is 0. The summed E-state index contributed by atoms with van der Waals surface area (Å²) in [5.74, 6) is -1.33. The number of hydrogen-bond donors (Lipinski definition) is 0. The van der Waals surface area contributed by atoms with Crippen LogP contribution in [-0.2, 0) is 25.5 Å². The van der Waals surface area contributed by atoms with E-state index in [1.807, 2.05) is 0 Å². The minimum absolute atomic E-state index is 0.111. The number of carbonyl (C=O) groups is 2. The van der Waals surface area contributed by atoms with Gasteiger partial charge in [-0.1, -0.05) is 12.1 Å². The Morgan fingerprint density at radius 3 is 2.05 bits per heavy atom. The van der Waals surface area contributed by atoms with E-state index in [9.17, 15) is 9.59 Å². The average molecular weight is 282 g/mol. The van der Waals surface area contributed by atoms with Gasteiger partial charge < -0.3 is 18.9 Å². The van der Waals surface area contributed by atoms with Crippen LogP contribution in [0, 0.1) is 5.92 Å². The van der Waals surface area contributed by atoms with E-state index in [0.29, 0.717) is 17.1 Å². The molecule has 1 rings (SSSR count). The van der Waals surface area contributed by atoms with Crippen LogP contribution >= 0.6 is 0 Å². The fourth-order valence-electron chi connectivity index (χ4n) is 1.88. The Hall–Kier alpha value is -2.24. The monoisotopic (exact) mass is 282 g/mol.